The van der Waals surface area contributed by atoms with E-state index in [0.29, 0.717) is 6.42 Å². The first-order chi connectivity index (χ1) is 10.3. The standard InChI is InChI=1S/C19H37NO/c1-3-4-5-6-7-8-9-10-11-12-13-14-15-16-17-18-19(21)20-2/h10-11H,3-9,12-18H2,1-2H3,(H,20,21). The molecule has 0 aromatic heterocycles. The lowest BCUT2D eigenvalue weighted by Crippen LogP contribution is -2.16. The van der Waals surface area contributed by atoms with Crippen LogP contribution in [0.25, 0.3) is 0 Å². The lowest BCUT2D eigenvalue weighted by Gasteiger charge is -2.00. The van der Waals surface area contributed by atoms with Gasteiger partial charge in [0.1, 0.15) is 0 Å². The Bertz CT molecular complexity index is 248. The van der Waals surface area contributed by atoms with Crippen LogP contribution in [-0.2, 0) is 4.79 Å². The summed E-state index contributed by atoms with van der Waals surface area (Å²) < 4.78 is 0. The fourth-order valence-corrected chi connectivity index (χ4v) is 2.48. The summed E-state index contributed by atoms with van der Waals surface area (Å²) in [6.07, 6.45) is 22.3. The van der Waals surface area contributed by atoms with Crippen LogP contribution in [0.15, 0.2) is 12.2 Å². The molecule has 0 bridgehead atoms. The minimum atomic E-state index is 0.174. The Labute approximate surface area is 132 Å². The molecule has 0 fully saturated rings. The van der Waals surface area contributed by atoms with Crippen molar-refractivity contribution in [1.29, 1.82) is 0 Å². The van der Waals surface area contributed by atoms with Crippen LogP contribution in [0.2, 0.25) is 0 Å². The van der Waals surface area contributed by atoms with Gasteiger partial charge in [0.05, 0.1) is 0 Å². The zero-order chi connectivity index (χ0) is 15.6. The molecule has 0 saturated carbocycles. The second kappa shape index (κ2) is 17.3. The van der Waals surface area contributed by atoms with E-state index in [0.717, 1.165) is 6.42 Å². The van der Waals surface area contributed by atoms with Gasteiger partial charge in [0.2, 0.25) is 5.91 Å². The molecule has 0 spiro atoms. The van der Waals surface area contributed by atoms with Crippen molar-refractivity contribution in [2.45, 2.75) is 96.8 Å². The highest BCUT2D eigenvalue weighted by molar-refractivity contribution is 5.75. The topological polar surface area (TPSA) is 29.1 Å². The molecule has 0 atom stereocenters. The summed E-state index contributed by atoms with van der Waals surface area (Å²) >= 11 is 0. The largest absolute Gasteiger partial charge is 0.359 e. The molecule has 0 aliphatic rings. The van der Waals surface area contributed by atoms with Crippen molar-refractivity contribution >= 4 is 5.91 Å². The third-order valence-corrected chi connectivity index (χ3v) is 3.94. The van der Waals surface area contributed by atoms with Crippen molar-refractivity contribution in [2.24, 2.45) is 0 Å². The molecule has 124 valence electrons. The van der Waals surface area contributed by atoms with E-state index in [-0.39, 0.29) is 5.91 Å². The molecule has 0 radical (unpaired) electrons. The molecule has 2 nitrogen and oxygen atoms in total. The SMILES string of the molecule is CCCCCCCCC=CCCCCCCCC(=O)NC. The van der Waals surface area contributed by atoms with Crippen LogP contribution in [0, 0.1) is 0 Å². The van der Waals surface area contributed by atoms with E-state index in [4.69, 9.17) is 0 Å². The number of hydrogen-bond acceptors (Lipinski definition) is 1. The highest BCUT2D eigenvalue weighted by Gasteiger charge is 1.96. The quantitative estimate of drug-likeness (QED) is 0.301. The van der Waals surface area contributed by atoms with Crippen LogP contribution in [0.4, 0.5) is 0 Å². The van der Waals surface area contributed by atoms with Crippen LogP contribution in [-0.4, -0.2) is 13.0 Å². The highest BCUT2D eigenvalue weighted by Crippen LogP contribution is 2.09. The van der Waals surface area contributed by atoms with Crippen LogP contribution >= 0.6 is 0 Å². The van der Waals surface area contributed by atoms with Crippen molar-refractivity contribution in [3.8, 4) is 0 Å². The van der Waals surface area contributed by atoms with Crippen LogP contribution in [0.3, 0.4) is 0 Å². The van der Waals surface area contributed by atoms with Gasteiger partial charge in [-0.15, -0.1) is 0 Å². The van der Waals surface area contributed by atoms with E-state index >= 15 is 0 Å². The number of hydrogen-bond donors (Lipinski definition) is 1. The van der Waals surface area contributed by atoms with Gasteiger partial charge in [-0.25, -0.2) is 0 Å². The first-order valence-electron chi connectivity index (χ1n) is 9.16. The maximum Gasteiger partial charge on any atom is 0.219 e. The Morgan fingerprint density at radius 3 is 1.76 bits per heavy atom. The number of carbonyl (C=O) groups is 1. The van der Waals surface area contributed by atoms with Crippen molar-refractivity contribution in [3.05, 3.63) is 12.2 Å². The van der Waals surface area contributed by atoms with Crippen LogP contribution < -0.4 is 5.32 Å². The number of nitrogens with one attached hydrogen (secondary N) is 1. The first kappa shape index (κ1) is 20.2. The molecule has 2 heteroatoms. The summed E-state index contributed by atoms with van der Waals surface area (Å²) in [7, 11) is 1.71. The number of carbonyl (C=O) groups excluding carboxylic acids is 1. The molecule has 0 aliphatic heterocycles. The molecule has 0 saturated heterocycles. The average Bonchev–Trinajstić information content (AvgIpc) is 2.50. The van der Waals surface area contributed by atoms with Crippen LogP contribution in [0.1, 0.15) is 96.8 Å². The van der Waals surface area contributed by atoms with Crippen molar-refractivity contribution in [3.63, 3.8) is 0 Å². The Morgan fingerprint density at radius 2 is 1.24 bits per heavy atom. The number of allylic oxidation sites excluding steroid dienone is 2. The van der Waals surface area contributed by atoms with Crippen molar-refractivity contribution in [1.82, 2.24) is 5.32 Å². The highest BCUT2D eigenvalue weighted by atomic mass is 16.1. The van der Waals surface area contributed by atoms with Gasteiger partial charge in [0, 0.05) is 13.5 Å². The maximum absolute atomic E-state index is 11.0. The fraction of sp³-hybridized carbons (Fsp3) is 0.842. The van der Waals surface area contributed by atoms with Gasteiger partial charge in [-0.2, -0.15) is 0 Å². The van der Waals surface area contributed by atoms with E-state index in [1.54, 1.807) is 7.05 Å². The minimum absolute atomic E-state index is 0.174. The van der Waals surface area contributed by atoms with Crippen molar-refractivity contribution < 1.29 is 4.79 Å². The molecule has 0 aliphatic carbocycles. The normalized spacial score (nSPS) is 11.1. The molecule has 1 amide bonds. The predicted octanol–water partition coefficient (Wildman–Crippen LogP) is 5.77. The minimum Gasteiger partial charge on any atom is -0.359 e. The number of rotatable bonds is 15. The second-order valence-electron chi connectivity index (χ2n) is 6.01. The van der Waals surface area contributed by atoms with Gasteiger partial charge in [0.15, 0.2) is 0 Å². The average molecular weight is 296 g/mol. The molecule has 0 heterocycles. The summed E-state index contributed by atoms with van der Waals surface area (Å²) in [5.74, 6) is 0.174. The summed E-state index contributed by atoms with van der Waals surface area (Å²) in [6.45, 7) is 2.27. The third kappa shape index (κ3) is 17.2. The van der Waals surface area contributed by atoms with Gasteiger partial charge >= 0.3 is 0 Å². The molecule has 0 unspecified atom stereocenters. The predicted molar refractivity (Wildman–Crippen MR) is 93.5 cm³/mol. The smallest absolute Gasteiger partial charge is 0.219 e. The van der Waals surface area contributed by atoms with E-state index < -0.39 is 0 Å². The zero-order valence-corrected chi connectivity index (χ0v) is 14.5. The van der Waals surface area contributed by atoms with E-state index in [2.05, 4.69) is 24.4 Å². The van der Waals surface area contributed by atoms with Crippen molar-refractivity contribution in [2.75, 3.05) is 7.05 Å². The van der Waals surface area contributed by atoms with E-state index in [1.807, 2.05) is 0 Å². The molecule has 0 aromatic carbocycles. The fourth-order valence-electron chi connectivity index (χ4n) is 2.48. The van der Waals surface area contributed by atoms with Gasteiger partial charge in [-0.3, -0.25) is 4.79 Å². The second-order valence-corrected chi connectivity index (χ2v) is 6.01. The third-order valence-electron chi connectivity index (χ3n) is 3.94. The molecule has 0 aromatic rings. The lowest BCUT2D eigenvalue weighted by atomic mass is 10.1. The first-order valence-corrected chi connectivity index (χ1v) is 9.16. The Hall–Kier alpha value is -0.790. The molecule has 21 heavy (non-hydrogen) atoms. The molecule has 1 N–H and O–H groups in total. The van der Waals surface area contributed by atoms with Gasteiger partial charge < -0.3 is 5.32 Å². The summed E-state index contributed by atoms with van der Waals surface area (Å²) in [6, 6.07) is 0. The Balaban J connectivity index is 3.10. The number of unbranched alkanes of at least 4 members (excludes halogenated alkanes) is 11. The van der Waals surface area contributed by atoms with Crippen LogP contribution in [0.5, 0.6) is 0 Å². The summed E-state index contributed by atoms with van der Waals surface area (Å²) in [5, 5.41) is 2.67. The van der Waals surface area contributed by atoms with Gasteiger partial charge in [0.25, 0.3) is 0 Å². The zero-order valence-electron chi connectivity index (χ0n) is 14.5. The lowest BCUT2D eigenvalue weighted by molar-refractivity contribution is -0.120. The van der Waals surface area contributed by atoms with E-state index in [9.17, 15) is 4.79 Å². The Morgan fingerprint density at radius 1 is 0.762 bits per heavy atom. The summed E-state index contributed by atoms with van der Waals surface area (Å²) in [5.41, 5.74) is 0. The Kier molecular flexibility index (Phi) is 16.6. The molecule has 0 rings (SSSR count). The van der Waals surface area contributed by atoms with E-state index in [1.165, 1.54) is 77.0 Å². The summed E-state index contributed by atoms with van der Waals surface area (Å²) in [4.78, 5) is 11.0. The monoisotopic (exact) mass is 295 g/mol. The van der Waals surface area contributed by atoms with Gasteiger partial charge in [-0.1, -0.05) is 70.4 Å². The molecular weight excluding hydrogens is 258 g/mol. The molecular formula is C19H37NO. The maximum atomic E-state index is 11.0. The van der Waals surface area contributed by atoms with Gasteiger partial charge in [-0.05, 0) is 32.1 Å². The number of amides is 1.